The highest BCUT2D eigenvalue weighted by molar-refractivity contribution is 6.05. The van der Waals surface area contributed by atoms with Gasteiger partial charge >= 0.3 is 0 Å². The van der Waals surface area contributed by atoms with E-state index in [1.54, 1.807) is 0 Å². The fourth-order valence-corrected chi connectivity index (χ4v) is 3.16. The summed E-state index contributed by atoms with van der Waals surface area (Å²) >= 11 is 0. The van der Waals surface area contributed by atoms with Crippen LogP contribution in [0.25, 0.3) is 0 Å². The summed E-state index contributed by atoms with van der Waals surface area (Å²) in [6.45, 7) is 1.94. The van der Waals surface area contributed by atoms with Gasteiger partial charge in [0.2, 0.25) is 11.8 Å². The predicted molar refractivity (Wildman–Crippen MR) is 75.3 cm³/mol. The highest BCUT2D eigenvalue weighted by Gasteiger charge is 2.49. The van der Waals surface area contributed by atoms with Gasteiger partial charge in [0.1, 0.15) is 6.17 Å². The number of nitrogens with zero attached hydrogens (tertiary/aromatic N) is 1. The minimum absolute atomic E-state index is 0.125. The molecule has 3 unspecified atom stereocenters. The topological polar surface area (TPSA) is 63.4 Å². The fraction of sp³-hybridized carbons (Fsp3) is 0.375. The van der Waals surface area contributed by atoms with Crippen LogP contribution in [0.5, 0.6) is 0 Å². The van der Waals surface area contributed by atoms with Gasteiger partial charge in [-0.1, -0.05) is 36.4 Å². The molecule has 1 aromatic carbocycles. The third-order valence-corrected chi connectivity index (χ3v) is 4.33. The monoisotopic (exact) mass is 270 g/mol. The third kappa shape index (κ3) is 1.88. The molecule has 20 heavy (non-hydrogen) atoms. The molecular weight excluding hydrogens is 252 g/mol. The number of carbonyl (C=O) groups excluding carboxylic acids is 2. The van der Waals surface area contributed by atoms with Crippen molar-refractivity contribution in [2.75, 3.05) is 0 Å². The molecule has 104 valence electrons. The van der Waals surface area contributed by atoms with Gasteiger partial charge < -0.3 is 5.73 Å². The number of amides is 2. The van der Waals surface area contributed by atoms with Crippen LogP contribution in [0.15, 0.2) is 36.4 Å². The maximum Gasteiger partial charge on any atom is 0.235 e. The first kappa shape index (κ1) is 13.1. The number of hydrogen-bond acceptors (Lipinski definition) is 3. The van der Waals surface area contributed by atoms with E-state index in [1.165, 1.54) is 4.90 Å². The van der Waals surface area contributed by atoms with E-state index in [2.05, 4.69) is 0 Å². The summed E-state index contributed by atoms with van der Waals surface area (Å²) in [6, 6.07) is 7.61. The average Bonchev–Trinajstić information content (AvgIpc) is 2.71. The molecule has 3 atom stereocenters. The van der Waals surface area contributed by atoms with Crippen molar-refractivity contribution in [3.63, 3.8) is 0 Å². The van der Waals surface area contributed by atoms with Crippen molar-refractivity contribution in [3.8, 4) is 0 Å². The molecule has 2 amide bonds. The number of aryl methyl sites for hydroxylation is 1. The number of carbonyl (C=O) groups is 2. The second-order valence-electron chi connectivity index (χ2n) is 5.50. The predicted octanol–water partition coefficient (Wildman–Crippen LogP) is 1.90. The minimum Gasteiger partial charge on any atom is -0.307 e. The highest BCUT2D eigenvalue weighted by Crippen LogP contribution is 2.38. The van der Waals surface area contributed by atoms with Gasteiger partial charge in [-0.25, -0.2) is 0 Å². The molecule has 0 radical (unpaired) electrons. The molecule has 3 rings (SSSR count). The van der Waals surface area contributed by atoms with Gasteiger partial charge in [-0.2, -0.15) is 0 Å². The van der Waals surface area contributed by atoms with E-state index in [1.807, 2.05) is 43.3 Å². The van der Waals surface area contributed by atoms with E-state index in [4.69, 9.17) is 5.73 Å². The molecule has 1 aliphatic heterocycles. The van der Waals surface area contributed by atoms with Crippen LogP contribution in [-0.4, -0.2) is 16.7 Å². The number of likely N-dealkylation sites (tertiary alicyclic amines) is 1. The first-order valence-electron chi connectivity index (χ1n) is 6.94. The zero-order valence-corrected chi connectivity index (χ0v) is 11.5. The largest absolute Gasteiger partial charge is 0.307 e. The van der Waals surface area contributed by atoms with Crippen LogP contribution in [0.2, 0.25) is 0 Å². The number of fused-ring (bicyclic) bond motifs is 1. The third-order valence-electron chi connectivity index (χ3n) is 4.33. The summed E-state index contributed by atoms with van der Waals surface area (Å²) in [5.74, 6) is -0.689. The lowest BCUT2D eigenvalue weighted by Crippen LogP contribution is -2.40. The van der Waals surface area contributed by atoms with Crippen molar-refractivity contribution < 1.29 is 9.59 Å². The number of rotatable bonds is 2. The van der Waals surface area contributed by atoms with E-state index in [9.17, 15) is 9.59 Å². The quantitative estimate of drug-likeness (QED) is 0.659. The summed E-state index contributed by atoms with van der Waals surface area (Å²) in [4.78, 5) is 26.2. The standard InChI is InChI=1S/C16H18N2O2/c1-10-6-2-3-7-11(10)14(17)18-15(19)12-8-4-5-9-13(12)16(18)20/h2-7,12-14H,8-9,17H2,1H3. The molecule has 4 heteroatoms. The molecule has 1 aromatic rings. The Morgan fingerprint density at radius 3 is 2.20 bits per heavy atom. The molecule has 1 fully saturated rings. The van der Waals surface area contributed by atoms with E-state index >= 15 is 0 Å². The first-order valence-corrected chi connectivity index (χ1v) is 6.94. The van der Waals surface area contributed by atoms with Crippen LogP contribution in [0.3, 0.4) is 0 Å². The summed E-state index contributed by atoms with van der Waals surface area (Å²) in [5, 5.41) is 0. The van der Waals surface area contributed by atoms with Crippen molar-refractivity contribution in [1.82, 2.24) is 4.90 Å². The van der Waals surface area contributed by atoms with E-state index in [0.29, 0.717) is 12.8 Å². The van der Waals surface area contributed by atoms with Crippen LogP contribution in [0.1, 0.15) is 30.1 Å². The van der Waals surface area contributed by atoms with Crippen LogP contribution in [0.4, 0.5) is 0 Å². The van der Waals surface area contributed by atoms with Crippen molar-refractivity contribution in [3.05, 3.63) is 47.5 Å². The van der Waals surface area contributed by atoms with Crippen LogP contribution in [0, 0.1) is 18.8 Å². The maximum atomic E-state index is 12.5. The second-order valence-corrected chi connectivity index (χ2v) is 5.50. The second kappa shape index (κ2) is 4.87. The Kier molecular flexibility index (Phi) is 3.18. The van der Waals surface area contributed by atoms with Gasteiger partial charge in [0.15, 0.2) is 0 Å². The van der Waals surface area contributed by atoms with Crippen LogP contribution in [-0.2, 0) is 9.59 Å². The van der Waals surface area contributed by atoms with Crippen molar-refractivity contribution in [1.29, 1.82) is 0 Å². The summed E-state index contributed by atoms with van der Waals surface area (Å²) < 4.78 is 0. The van der Waals surface area contributed by atoms with Gasteiger partial charge in [-0.3, -0.25) is 14.5 Å². The molecule has 1 heterocycles. The minimum atomic E-state index is -0.679. The van der Waals surface area contributed by atoms with Gasteiger partial charge in [-0.05, 0) is 30.9 Å². The SMILES string of the molecule is Cc1ccccc1C(N)N1C(=O)C2CC=CCC2C1=O. The van der Waals surface area contributed by atoms with E-state index < -0.39 is 6.17 Å². The average molecular weight is 270 g/mol. The molecule has 0 aromatic heterocycles. The van der Waals surface area contributed by atoms with Gasteiger partial charge in [0.25, 0.3) is 0 Å². The normalized spacial score (nSPS) is 26.8. The van der Waals surface area contributed by atoms with Crippen LogP contribution < -0.4 is 5.73 Å². The Morgan fingerprint density at radius 1 is 1.10 bits per heavy atom. The van der Waals surface area contributed by atoms with Crippen molar-refractivity contribution >= 4 is 11.8 Å². The van der Waals surface area contributed by atoms with Gasteiger partial charge in [-0.15, -0.1) is 0 Å². The molecule has 0 spiro atoms. The Bertz CT molecular complexity index is 568. The number of nitrogens with two attached hydrogens (primary N) is 1. The summed E-state index contributed by atoms with van der Waals surface area (Å²) in [7, 11) is 0. The van der Waals surface area contributed by atoms with E-state index in [-0.39, 0.29) is 23.7 Å². The van der Waals surface area contributed by atoms with Crippen molar-refractivity contribution in [2.24, 2.45) is 17.6 Å². The summed E-state index contributed by atoms with van der Waals surface area (Å²) in [5.41, 5.74) is 8.03. The Morgan fingerprint density at radius 2 is 1.65 bits per heavy atom. The zero-order valence-electron chi connectivity index (χ0n) is 11.5. The first-order chi connectivity index (χ1) is 9.61. The molecule has 0 saturated carbocycles. The number of imide groups is 1. The Labute approximate surface area is 118 Å². The highest BCUT2D eigenvalue weighted by atomic mass is 16.2. The van der Waals surface area contributed by atoms with Crippen LogP contribution >= 0.6 is 0 Å². The molecule has 2 N–H and O–H groups in total. The number of hydrogen-bond donors (Lipinski definition) is 1. The van der Waals surface area contributed by atoms with E-state index in [0.717, 1.165) is 11.1 Å². The zero-order chi connectivity index (χ0) is 14.3. The molecule has 1 aliphatic carbocycles. The lowest BCUT2D eigenvalue weighted by molar-refractivity contribution is -0.142. The molecule has 4 nitrogen and oxygen atoms in total. The smallest absolute Gasteiger partial charge is 0.235 e. The number of allylic oxidation sites excluding steroid dienone is 2. The maximum absolute atomic E-state index is 12.5. The van der Waals surface area contributed by atoms with Gasteiger partial charge in [0, 0.05) is 0 Å². The molecular formula is C16H18N2O2. The Balaban J connectivity index is 1.93. The lowest BCUT2D eigenvalue weighted by atomic mass is 9.85. The van der Waals surface area contributed by atoms with Gasteiger partial charge in [0.05, 0.1) is 11.8 Å². The van der Waals surface area contributed by atoms with Crippen molar-refractivity contribution in [2.45, 2.75) is 25.9 Å². The fourth-order valence-electron chi connectivity index (χ4n) is 3.16. The molecule has 0 bridgehead atoms. The molecule has 2 aliphatic rings. The number of benzene rings is 1. The molecule has 1 saturated heterocycles. The lowest BCUT2D eigenvalue weighted by Gasteiger charge is -2.24. The Hall–Kier alpha value is -1.94. The summed E-state index contributed by atoms with van der Waals surface area (Å²) in [6.07, 6.45) is 4.57.